The minimum absolute atomic E-state index is 0.0240. The zero-order valence-electron chi connectivity index (χ0n) is 51.0. The predicted octanol–water partition coefficient (Wildman–Crippen LogP) is 9.28. The molecule has 6 fully saturated rings. The summed E-state index contributed by atoms with van der Waals surface area (Å²) in [6.07, 6.45) is 9.73. The fourth-order valence-corrected chi connectivity index (χ4v) is 16.4. The maximum absolute atomic E-state index is 14.9. The summed E-state index contributed by atoms with van der Waals surface area (Å²) in [4.78, 5) is 51.7. The number of fused-ring (bicyclic) bond motifs is 4. The molecule has 14 rings (SSSR count). The number of benzene rings is 3. The fraction of sp³-hybridized carbons (Fsp3) is 0.530. The van der Waals surface area contributed by atoms with Crippen LogP contribution in [0.1, 0.15) is 119 Å². The third kappa shape index (κ3) is 11.9. The second-order valence-electron chi connectivity index (χ2n) is 26.4. The molecule has 4 atom stereocenters. The second-order valence-corrected chi connectivity index (χ2v) is 28.1. The molecule has 6 aromatic rings. The number of carbonyl (C=O) groups excluding carboxylic acids is 1. The molecule has 3 aromatic heterocycles. The van der Waals surface area contributed by atoms with Crippen LogP contribution in [0, 0.1) is 21.4 Å². The Morgan fingerprint density at radius 2 is 1.64 bits per heavy atom. The summed E-state index contributed by atoms with van der Waals surface area (Å²) >= 11 is 0. The lowest BCUT2D eigenvalue weighted by Crippen LogP contribution is -2.60. The summed E-state index contributed by atoms with van der Waals surface area (Å²) in [6, 6.07) is 26.5. The summed E-state index contributed by atoms with van der Waals surface area (Å²) < 4.78 is 62.0. The van der Waals surface area contributed by atoms with E-state index in [4.69, 9.17) is 33.7 Å². The van der Waals surface area contributed by atoms with E-state index in [0.29, 0.717) is 81.2 Å². The standard InChI is InChI=1S/C66H81N11O11S/c1-42(2)87-58-7-5-4-6-48(58)57-40-74(52-18-31-86-63-50(52)11-13-60(69-63)73-28-32-84-33-29-73)26-27-75(57)46-37-66(38-46)21-24-72(25-22-66)45-8-10-49(54(35-45)76-53-17-30-85-41-59(53)88-64-56(76)34-44-16-23-67-61(44)70-64)62(78)71-89(82,83)47-9-12-51(55(36-47)77(80)81)68-39-43-14-19-65(3,79)20-15-43/h4-13,16,23,34-36,42-43,46,52-53,57,59,68,79H,14-15,17-22,24-33,37-41H2,1-3H3,(H,67,70)(H,71,78)/t43?,52-,53-,57+,59-,65?/m0/s1. The summed E-state index contributed by atoms with van der Waals surface area (Å²) in [5, 5.41) is 26.9. The molecular formula is C66H81N11O11S. The van der Waals surface area contributed by atoms with Crippen LogP contribution >= 0.6 is 0 Å². The molecule has 6 aliphatic heterocycles. The number of para-hydroxylation sites is 1. The molecule has 1 spiro atoms. The largest absolute Gasteiger partial charge is 0.491 e. The van der Waals surface area contributed by atoms with E-state index < -0.39 is 43.1 Å². The highest BCUT2D eigenvalue weighted by Gasteiger charge is 2.51. The summed E-state index contributed by atoms with van der Waals surface area (Å²) in [5.74, 6) is 2.27. The second kappa shape index (κ2) is 24.2. The molecule has 8 aliphatic rings. The number of sulfonamides is 1. The molecule has 0 unspecified atom stereocenters. The minimum Gasteiger partial charge on any atom is -0.491 e. The number of piperazine rings is 1. The van der Waals surface area contributed by atoms with Crippen LogP contribution in [0.4, 0.5) is 34.3 Å². The van der Waals surface area contributed by atoms with Crippen molar-refractivity contribution in [2.45, 2.75) is 132 Å². The predicted molar refractivity (Wildman–Crippen MR) is 337 cm³/mol. The highest BCUT2D eigenvalue weighted by molar-refractivity contribution is 7.90. The number of H-pyrrole nitrogens is 1. The van der Waals surface area contributed by atoms with E-state index in [-0.39, 0.29) is 53.4 Å². The monoisotopic (exact) mass is 1240 g/mol. The molecule has 3 aromatic carbocycles. The van der Waals surface area contributed by atoms with Gasteiger partial charge in [0, 0.05) is 112 Å². The number of carbonyl (C=O) groups is 1. The van der Waals surface area contributed by atoms with Gasteiger partial charge < -0.3 is 53.8 Å². The number of nitro benzene ring substituents is 1. The molecule has 9 heterocycles. The zero-order valence-corrected chi connectivity index (χ0v) is 51.8. The van der Waals surface area contributed by atoms with Crippen LogP contribution in [0.25, 0.3) is 11.0 Å². The van der Waals surface area contributed by atoms with Gasteiger partial charge >= 0.3 is 0 Å². The van der Waals surface area contributed by atoms with Gasteiger partial charge in [-0.3, -0.25) is 24.7 Å². The van der Waals surface area contributed by atoms with E-state index >= 15 is 0 Å². The fourth-order valence-electron chi connectivity index (χ4n) is 15.4. The van der Waals surface area contributed by atoms with Crippen molar-refractivity contribution in [3.8, 4) is 17.5 Å². The Balaban J connectivity index is 0.715. The summed E-state index contributed by atoms with van der Waals surface area (Å²) in [6.45, 7) is 15.1. The van der Waals surface area contributed by atoms with Crippen molar-refractivity contribution in [2.24, 2.45) is 11.3 Å². The SMILES string of the molecule is CC(C)Oc1ccccc1[C@H]1CN([C@H]2CCOc3nc(N4CCOCC4)ccc32)CCN1C1CC2(CCN(c3ccc(C(=O)NS(=O)(=O)c4ccc(NCC5CCC(C)(O)CC5)c([N+](=O)[O-])c4)c(N4c5cc6cc[nH]c6nc5O[C@H]5COCC[C@@H]54)c3)CC2)C1. The number of pyridine rings is 2. The quantitative estimate of drug-likeness (QED) is 0.0553. The van der Waals surface area contributed by atoms with Gasteiger partial charge in [-0.25, -0.2) is 13.1 Å². The third-order valence-electron chi connectivity index (χ3n) is 20.3. The number of morpholine rings is 1. The van der Waals surface area contributed by atoms with Gasteiger partial charge in [-0.05, 0) is 151 Å². The van der Waals surface area contributed by atoms with Crippen molar-refractivity contribution in [2.75, 3.05) is 105 Å². The number of nitrogens with one attached hydrogen (secondary N) is 3. The topological polar surface area (TPSA) is 243 Å². The van der Waals surface area contributed by atoms with Gasteiger partial charge in [-0.2, -0.15) is 9.97 Å². The lowest BCUT2D eigenvalue weighted by molar-refractivity contribution is -0.384. The average Bonchev–Trinajstić information content (AvgIpc) is 1.47. The number of nitrogens with zero attached hydrogens (tertiary/aromatic N) is 8. The van der Waals surface area contributed by atoms with E-state index in [1.807, 2.05) is 37.4 Å². The van der Waals surface area contributed by atoms with E-state index in [1.165, 1.54) is 17.7 Å². The van der Waals surface area contributed by atoms with E-state index in [1.54, 1.807) is 6.07 Å². The van der Waals surface area contributed by atoms with Crippen molar-refractivity contribution >= 4 is 61.2 Å². The van der Waals surface area contributed by atoms with Crippen molar-refractivity contribution < 1.29 is 46.9 Å². The molecule has 22 nitrogen and oxygen atoms in total. The van der Waals surface area contributed by atoms with Crippen LogP contribution in [-0.4, -0.2) is 164 Å². The molecule has 0 radical (unpaired) electrons. The molecule has 1 amide bonds. The number of hydrogen-bond acceptors (Lipinski definition) is 19. The molecular weight excluding hydrogens is 1150 g/mol. The number of hydrogen-bond donors (Lipinski definition) is 4. The number of piperidine rings is 1. The van der Waals surface area contributed by atoms with Gasteiger partial charge in [0.05, 0.1) is 71.3 Å². The van der Waals surface area contributed by atoms with E-state index in [9.17, 15) is 28.4 Å². The molecule has 4 N–H and O–H groups in total. The average molecular weight is 1240 g/mol. The lowest BCUT2D eigenvalue weighted by Gasteiger charge is -2.58. The van der Waals surface area contributed by atoms with Crippen LogP contribution in [0.2, 0.25) is 0 Å². The number of aliphatic hydroxyl groups is 1. The number of nitro groups is 1. The molecule has 4 saturated heterocycles. The van der Waals surface area contributed by atoms with Crippen molar-refractivity contribution in [3.63, 3.8) is 0 Å². The van der Waals surface area contributed by atoms with Crippen LogP contribution in [0.3, 0.4) is 0 Å². The Labute approximate surface area is 519 Å². The van der Waals surface area contributed by atoms with Crippen molar-refractivity contribution in [1.82, 2.24) is 29.5 Å². The molecule has 23 heteroatoms. The summed E-state index contributed by atoms with van der Waals surface area (Å²) in [7, 11) is -4.66. The van der Waals surface area contributed by atoms with Crippen molar-refractivity contribution in [3.05, 3.63) is 118 Å². The molecule has 89 heavy (non-hydrogen) atoms. The Bertz CT molecular complexity index is 3720. The van der Waals surface area contributed by atoms with E-state index in [0.717, 1.165) is 131 Å². The van der Waals surface area contributed by atoms with Gasteiger partial charge in [-0.1, -0.05) is 18.2 Å². The summed E-state index contributed by atoms with van der Waals surface area (Å²) in [5.41, 5.74) is 4.30. The smallest absolute Gasteiger partial charge is 0.293 e. The number of amides is 1. The third-order valence-corrected chi connectivity index (χ3v) is 21.6. The van der Waals surface area contributed by atoms with Gasteiger partial charge in [0.2, 0.25) is 11.8 Å². The first kappa shape index (κ1) is 59.3. The molecule has 472 valence electrons. The number of aromatic nitrogens is 3. The Morgan fingerprint density at radius 1 is 0.831 bits per heavy atom. The Kier molecular flexibility index (Phi) is 16.1. The van der Waals surface area contributed by atoms with Crippen LogP contribution < -0.4 is 38.9 Å². The zero-order chi connectivity index (χ0) is 61.2. The van der Waals surface area contributed by atoms with Gasteiger partial charge in [0.15, 0.2) is 0 Å². The van der Waals surface area contributed by atoms with Gasteiger partial charge in [0.25, 0.3) is 21.6 Å². The lowest BCUT2D eigenvalue weighted by atomic mass is 9.59. The number of ether oxygens (including phenoxy) is 5. The Morgan fingerprint density at radius 3 is 2.44 bits per heavy atom. The minimum atomic E-state index is -4.66. The molecule has 2 saturated carbocycles. The van der Waals surface area contributed by atoms with Gasteiger partial charge in [-0.15, -0.1) is 0 Å². The van der Waals surface area contributed by atoms with Gasteiger partial charge in [0.1, 0.15) is 34.7 Å². The first-order chi connectivity index (χ1) is 43.0. The molecule has 2 aliphatic carbocycles. The first-order valence-electron chi connectivity index (χ1n) is 32.0. The van der Waals surface area contributed by atoms with Crippen molar-refractivity contribution in [1.29, 1.82) is 0 Å². The van der Waals surface area contributed by atoms with Crippen LogP contribution in [-0.2, 0) is 19.5 Å². The first-order valence-corrected chi connectivity index (χ1v) is 33.5. The van der Waals surface area contributed by atoms with Crippen LogP contribution in [0.15, 0.2) is 96.0 Å². The maximum atomic E-state index is 14.9. The Hall–Kier alpha value is -7.28. The van der Waals surface area contributed by atoms with E-state index in [2.05, 4.69) is 89.8 Å². The normalized spacial score (nSPS) is 25.7. The molecule has 0 bridgehead atoms. The number of rotatable bonds is 15. The number of anilines is 5. The van der Waals surface area contributed by atoms with Crippen LogP contribution in [0.5, 0.6) is 17.5 Å². The highest BCUT2D eigenvalue weighted by Crippen LogP contribution is 2.55. The highest BCUT2D eigenvalue weighted by atomic mass is 32.2. The maximum Gasteiger partial charge on any atom is 0.293 e. The number of aromatic amines is 1.